The summed E-state index contributed by atoms with van der Waals surface area (Å²) in [5.74, 6) is -1.19. The van der Waals surface area contributed by atoms with E-state index < -0.39 is 12.1 Å². The number of fused-ring (bicyclic) bond motifs is 1. The zero-order valence-electron chi connectivity index (χ0n) is 20.1. The maximum absolute atomic E-state index is 13.5. The molecule has 0 unspecified atom stereocenters. The number of hydrogen-bond donors (Lipinski definition) is 1. The van der Waals surface area contributed by atoms with Gasteiger partial charge in [-0.15, -0.1) is 0 Å². The van der Waals surface area contributed by atoms with Gasteiger partial charge < -0.3 is 15.0 Å². The summed E-state index contributed by atoms with van der Waals surface area (Å²) in [5, 5.41) is 2.85. The molecule has 6 nitrogen and oxygen atoms in total. The maximum atomic E-state index is 13.5. The van der Waals surface area contributed by atoms with Gasteiger partial charge >= 0.3 is 0 Å². The largest absolute Gasteiger partial charge is 0.368 e. The van der Waals surface area contributed by atoms with Crippen LogP contribution in [0.3, 0.4) is 0 Å². The Morgan fingerprint density at radius 3 is 2.28 bits per heavy atom. The molecule has 36 heavy (non-hydrogen) atoms. The van der Waals surface area contributed by atoms with E-state index in [1.165, 1.54) is 17.0 Å². The normalized spacial score (nSPS) is 19.3. The molecule has 2 amide bonds. The number of nitrogens with zero attached hydrogens (tertiary/aromatic N) is 1. The van der Waals surface area contributed by atoms with Crippen LogP contribution in [0.25, 0.3) is 0 Å². The third-order valence-corrected chi connectivity index (χ3v) is 6.36. The van der Waals surface area contributed by atoms with Gasteiger partial charge in [-0.3, -0.25) is 14.4 Å². The molecule has 1 N–H and O–H groups in total. The van der Waals surface area contributed by atoms with Crippen molar-refractivity contribution < 1.29 is 23.5 Å². The summed E-state index contributed by atoms with van der Waals surface area (Å²) in [7, 11) is 0. The van der Waals surface area contributed by atoms with Gasteiger partial charge in [-0.2, -0.15) is 27.0 Å². The van der Waals surface area contributed by atoms with Crippen molar-refractivity contribution in [2.75, 3.05) is 13.2 Å². The molecule has 2 aliphatic heterocycles. The van der Waals surface area contributed by atoms with E-state index in [1.54, 1.807) is 24.3 Å². The van der Waals surface area contributed by atoms with Crippen molar-refractivity contribution >= 4 is 44.6 Å². The number of carbonyl (C=O) groups is 3. The van der Waals surface area contributed by atoms with Gasteiger partial charge in [-0.25, -0.2) is 4.39 Å². The molecule has 198 valence electrons. The van der Waals surface area contributed by atoms with Crippen LogP contribution < -0.4 is 5.32 Å². The lowest BCUT2D eigenvalue weighted by Gasteiger charge is -2.28. The number of amides is 2. The molecule has 2 fully saturated rings. The maximum Gasteiger partial charge on any atom is 0.251 e. The highest BCUT2D eigenvalue weighted by molar-refractivity contribution is 7.59. The number of halogens is 1. The predicted molar refractivity (Wildman–Crippen MR) is 149 cm³/mol. The molecule has 4 rings (SSSR count). The first-order chi connectivity index (χ1) is 15.6. The zero-order chi connectivity index (χ0) is 23.8. The van der Waals surface area contributed by atoms with Crippen molar-refractivity contribution in [2.45, 2.75) is 64.6 Å². The Balaban J connectivity index is 0.00000216. The number of nitrogens with one attached hydrogen (secondary N) is 1. The fraction of sp³-hybridized carbons (Fsp3) is 0.444. The van der Waals surface area contributed by atoms with Crippen LogP contribution in [0.5, 0.6) is 0 Å². The third kappa shape index (κ3) is 6.89. The fourth-order valence-electron chi connectivity index (χ4n) is 4.46. The van der Waals surface area contributed by atoms with E-state index in [4.69, 9.17) is 4.74 Å². The Hall–Kier alpha value is -2.36. The van der Waals surface area contributed by atoms with Gasteiger partial charge in [-0.05, 0) is 47.2 Å². The molecule has 2 aromatic carbocycles. The monoisotopic (exact) mass is 536 g/mol. The van der Waals surface area contributed by atoms with Crippen LogP contribution >= 0.6 is 27.0 Å². The second-order valence-corrected chi connectivity index (χ2v) is 9.76. The minimum atomic E-state index is -0.891. The second kappa shape index (κ2) is 12.7. The van der Waals surface area contributed by atoms with Gasteiger partial charge in [0.1, 0.15) is 24.5 Å². The van der Waals surface area contributed by atoms with E-state index >= 15 is 0 Å². The van der Waals surface area contributed by atoms with Crippen molar-refractivity contribution in [3.05, 3.63) is 71.0 Å². The predicted octanol–water partition coefficient (Wildman–Crippen LogP) is 3.89. The first kappa shape index (κ1) is 31.7. The Bertz CT molecular complexity index is 1050. The highest BCUT2D eigenvalue weighted by atomic mass is 32.1. The Labute approximate surface area is 226 Å². The minimum Gasteiger partial charge on any atom is -0.368 e. The number of ether oxygens (including phenoxy) is 1. The highest BCUT2D eigenvalue weighted by Gasteiger charge is 2.48. The molecule has 2 aromatic rings. The van der Waals surface area contributed by atoms with Crippen molar-refractivity contribution in [3.8, 4) is 0 Å². The van der Waals surface area contributed by atoms with Crippen LogP contribution in [0.4, 0.5) is 4.39 Å². The lowest BCUT2D eigenvalue weighted by atomic mass is 9.86. The molecule has 0 aromatic heterocycles. The van der Waals surface area contributed by atoms with Crippen LogP contribution in [-0.4, -0.2) is 53.8 Å². The summed E-state index contributed by atoms with van der Waals surface area (Å²) >= 11 is 0. The lowest BCUT2D eigenvalue weighted by molar-refractivity contribution is -0.138. The van der Waals surface area contributed by atoms with E-state index in [1.807, 2.05) is 12.1 Å². The number of ketones is 1. The third-order valence-electron chi connectivity index (χ3n) is 6.36. The number of benzene rings is 2. The molecule has 2 saturated heterocycles. The Morgan fingerprint density at radius 1 is 1.08 bits per heavy atom. The van der Waals surface area contributed by atoms with Gasteiger partial charge in [0.25, 0.3) is 5.91 Å². The van der Waals surface area contributed by atoms with Gasteiger partial charge in [0.15, 0.2) is 5.78 Å². The Morgan fingerprint density at radius 2 is 1.69 bits per heavy atom. The van der Waals surface area contributed by atoms with Crippen LogP contribution in [0.15, 0.2) is 48.5 Å². The van der Waals surface area contributed by atoms with E-state index in [2.05, 4.69) is 26.1 Å². The van der Waals surface area contributed by atoms with Gasteiger partial charge in [-0.1, -0.05) is 52.5 Å². The molecule has 0 spiro atoms. The molecular formula is C27H37FN2O4S2. The van der Waals surface area contributed by atoms with Crippen molar-refractivity contribution in [3.63, 3.8) is 0 Å². The summed E-state index contributed by atoms with van der Waals surface area (Å²) in [4.78, 5) is 40.3. The standard InChI is InChI=1S/C26H29FN2O4.CH4.2H2S/c1-26(2,3)18-8-6-17(7-9-18)24(31)28-20(14-16-4-10-19(27)11-5-16)25(32)29-13-12-22-23(29)21(30)15-33-22;;;/h4-11,20,22-23H,12-15H2,1-3H3,(H,28,31);1H4;2*1H2/t20-,22+,23+;;;/m0.../s1. The van der Waals surface area contributed by atoms with Crippen LogP contribution in [0.1, 0.15) is 56.1 Å². The molecule has 0 aliphatic carbocycles. The number of likely N-dealkylation sites (tertiary alicyclic amines) is 1. The topological polar surface area (TPSA) is 75.7 Å². The lowest BCUT2D eigenvalue weighted by Crippen LogP contribution is -2.53. The van der Waals surface area contributed by atoms with Gasteiger partial charge in [0, 0.05) is 18.5 Å². The molecule has 9 heteroatoms. The fourth-order valence-corrected chi connectivity index (χ4v) is 4.46. The second-order valence-electron chi connectivity index (χ2n) is 9.76. The molecule has 0 saturated carbocycles. The van der Waals surface area contributed by atoms with E-state index in [9.17, 15) is 18.8 Å². The molecular weight excluding hydrogens is 499 g/mol. The van der Waals surface area contributed by atoms with Crippen molar-refractivity contribution in [2.24, 2.45) is 0 Å². The summed E-state index contributed by atoms with van der Waals surface area (Å²) in [6.07, 6.45) is 0.496. The average molecular weight is 537 g/mol. The minimum absolute atomic E-state index is 0. The SMILES string of the molecule is C.CC(C)(C)c1ccc(C(=O)N[C@@H](Cc2ccc(F)cc2)C(=O)N2CC[C@H]3OCC(=O)[C@H]32)cc1.S.S. The smallest absolute Gasteiger partial charge is 0.251 e. The quantitative estimate of drug-likeness (QED) is 0.629. The Kier molecular flexibility index (Phi) is 11.2. The number of hydrogen-bond acceptors (Lipinski definition) is 4. The first-order valence-electron chi connectivity index (χ1n) is 11.2. The summed E-state index contributed by atoms with van der Waals surface area (Å²) in [6, 6.07) is 11.6. The van der Waals surface area contributed by atoms with Crippen molar-refractivity contribution in [1.29, 1.82) is 0 Å². The van der Waals surface area contributed by atoms with Gasteiger partial charge in [0.2, 0.25) is 5.91 Å². The number of rotatable bonds is 5. The van der Waals surface area contributed by atoms with Crippen LogP contribution in [0, 0.1) is 5.82 Å². The summed E-state index contributed by atoms with van der Waals surface area (Å²) in [5.41, 5.74) is 2.21. The number of carbonyl (C=O) groups excluding carboxylic acids is 3. The van der Waals surface area contributed by atoms with Crippen LogP contribution in [-0.2, 0) is 26.2 Å². The van der Waals surface area contributed by atoms with Gasteiger partial charge in [0.05, 0.1) is 6.10 Å². The molecule has 3 atom stereocenters. The van der Waals surface area contributed by atoms with Crippen LogP contribution in [0.2, 0.25) is 0 Å². The number of Topliss-reactive ketones (excluding diaryl/α,β-unsaturated/α-hetero) is 1. The zero-order valence-corrected chi connectivity index (χ0v) is 22.1. The average Bonchev–Trinajstić information content (AvgIpc) is 3.37. The first-order valence-corrected chi connectivity index (χ1v) is 11.2. The van der Waals surface area contributed by atoms with E-state index in [0.717, 1.165) is 5.56 Å². The summed E-state index contributed by atoms with van der Waals surface area (Å²) in [6.45, 7) is 6.69. The molecule has 2 aliphatic rings. The summed E-state index contributed by atoms with van der Waals surface area (Å²) < 4.78 is 18.9. The molecule has 0 bridgehead atoms. The molecule has 2 heterocycles. The van der Waals surface area contributed by atoms with E-state index in [0.29, 0.717) is 24.1 Å². The van der Waals surface area contributed by atoms with Crippen molar-refractivity contribution in [1.82, 2.24) is 10.2 Å². The van der Waals surface area contributed by atoms with E-state index in [-0.39, 0.29) is 82.4 Å². The molecule has 0 radical (unpaired) electrons. The highest BCUT2D eigenvalue weighted by Crippen LogP contribution is 2.28.